The van der Waals surface area contributed by atoms with Gasteiger partial charge in [-0.25, -0.2) is 0 Å². The minimum absolute atomic E-state index is 0.0109. The van der Waals surface area contributed by atoms with Crippen LogP contribution in [0.25, 0.3) is 22.3 Å². The molecular formula is C65H73BN2. The fraction of sp³-hybridized carbons (Fsp3) is 0.354. The molecule has 0 fully saturated rings. The molecule has 0 radical (unpaired) electrons. The van der Waals surface area contributed by atoms with Gasteiger partial charge in [0.25, 0.3) is 6.71 Å². The summed E-state index contributed by atoms with van der Waals surface area (Å²) in [6, 6.07) is 54.7. The predicted molar refractivity (Wildman–Crippen MR) is 297 cm³/mol. The van der Waals surface area contributed by atoms with Gasteiger partial charge in [-0.2, -0.15) is 0 Å². The fourth-order valence-electron chi connectivity index (χ4n) is 12.0. The molecule has 1 aliphatic carbocycles. The third-order valence-electron chi connectivity index (χ3n) is 15.7. The first kappa shape index (κ1) is 46.0. The Balaban J connectivity index is 1.37. The van der Waals surface area contributed by atoms with Gasteiger partial charge >= 0.3 is 0 Å². The zero-order valence-corrected chi connectivity index (χ0v) is 44.0. The Hall–Kier alpha value is -5.80. The van der Waals surface area contributed by atoms with E-state index in [4.69, 9.17) is 0 Å². The molecule has 3 heteroatoms. The van der Waals surface area contributed by atoms with Crippen LogP contribution in [0.1, 0.15) is 151 Å². The van der Waals surface area contributed by atoms with Gasteiger partial charge in [0.05, 0.1) is 5.69 Å². The number of rotatable bonds is 4. The zero-order valence-electron chi connectivity index (χ0n) is 44.0. The van der Waals surface area contributed by atoms with Crippen molar-refractivity contribution in [3.05, 3.63) is 173 Å². The van der Waals surface area contributed by atoms with E-state index in [2.05, 4.69) is 260 Å². The summed E-state index contributed by atoms with van der Waals surface area (Å²) >= 11 is 0. The maximum atomic E-state index is 2.71. The average Bonchev–Trinajstić information content (AvgIpc) is 3.45. The lowest BCUT2D eigenvalue weighted by Crippen LogP contribution is -2.62. The van der Waals surface area contributed by atoms with Crippen molar-refractivity contribution in [2.24, 2.45) is 0 Å². The highest BCUT2D eigenvalue weighted by Gasteiger charge is 2.49. The number of benzene rings is 7. The quantitative estimate of drug-likeness (QED) is 0.162. The second kappa shape index (κ2) is 15.4. The summed E-state index contributed by atoms with van der Waals surface area (Å²) in [4.78, 5) is 5.32. The number of nitrogens with zero attached hydrogens (tertiary/aromatic N) is 2. The molecule has 0 aromatic heterocycles. The maximum Gasteiger partial charge on any atom is 0.252 e. The average molecular weight is 893 g/mol. The van der Waals surface area contributed by atoms with Gasteiger partial charge in [-0.3, -0.25) is 0 Å². The van der Waals surface area contributed by atoms with Crippen molar-refractivity contribution < 1.29 is 0 Å². The molecule has 0 atom stereocenters. The van der Waals surface area contributed by atoms with Gasteiger partial charge in [0.2, 0.25) is 0 Å². The molecule has 0 spiro atoms. The van der Waals surface area contributed by atoms with Gasteiger partial charge in [-0.1, -0.05) is 202 Å². The van der Waals surface area contributed by atoms with Crippen LogP contribution in [0, 0.1) is 0 Å². The van der Waals surface area contributed by atoms with E-state index in [9.17, 15) is 0 Å². The molecule has 7 aromatic carbocycles. The zero-order chi connectivity index (χ0) is 48.7. The molecule has 0 saturated carbocycles. The minimum Gasteiger partial charge on any atom is -0.311 e. The van der Waals surface area contributed by atoms with Gasteiger partial charge < -0.3 is 9.80 Å². The van der Waals surface area contributed by atoms with Crippen molar-refractivity contribution in [3.63, 3.8) is 0 Å². The first-order valence-corrected chi connectivity index (χ1v) is 25.3. The Labute approximate surface area is 409 Å². The molecule has 2 nitrogen and oxygen atoms in total. The van der Waals surface area contributed by atoms with Crippen molar-refractivity contribution in [1.82, 2.24) is 0 Å². The lowest BCUT2D eigenvalue weighted by molar-refractivity contribution is 0.403. The van der Waals surface area contributed by atoms with E-state index in [1.165, 1.54) is 106 Å². The summed E-state index contributed by atoms with van der Waals surface area (Å²) in [7, 11) is 0. The van der Waals surface area contributed by atoms with E-state index in [0.717, 1.165) is 6.42 Å². The third kappa shape index (κ3) is 7.55. The van der Waals surface area contributed by atoms with Crippen LogP contribution in [-0.2, 0) is 32.5 Å². The van der Waals surface area contributed by atoms with Gasteiger partial charge in [-0.15, -0.1) is 0 Å². The summed E-state index contributed by atoms with van der Waals surface area (Å²) < 4.78 is 0. The first-order valence-electron chi connectivity index (χ1n) is 25.3. The number of hydrogen-bond acceptors (Lipinski definition) is 2. The van der Waals surface area contributed by atoms with Crippen LogP contribution in [0.2, 0.25) is 0 Å². The summed E-state index contributed by atoms with van der Waals surface area (Å²) in [5, 5.41) is 0. The van der Waals surface area contributed by atoms with E-state index in [1.54, 1.807) is 0 Å². The van der Waals surface area contributed by atoms with Crippen LogP contribution >= 0.6 is 0 Å². The highest BCUT2D eigenvalue weighted by atomic mass is 15.2. The monoisotopic (exact) mass is 893 g/mol. The normalized spacial score (nSPS) is 16.0. The molecule has 68 heavy (non-hydrogen) atoms. The largest absolute Gasteiger partial charge is 0.311 e. The maximum absolute atomic E-state index is 2.71. The molecule has 0 bridgehead atoms. The first-order chi connectivity index (χ1) is 31.7. The Morgan fingerprint density at radius 1 is 0.382 bits per heavy atom. The van der Waals surface area contributed by atoms with E-state index < -0.39 is 0 Å². The standard InChI is InChI=1S/C65H73BN2/c1-60(2,3)42-26-30-46(31-27-42)67-55-33-29-44(62(7,8)9)35-52(55)66-53-38-50-51(65(15,16)40-64(50,13)14)39-56(53)68(58-37-45(63(10,11)12)36-57(67)59(58)66)54-32-28-43(61(4,5)6)34-49(54)48-25-21-20-24-47(48)41-22-18-17-19-23-41/h17-39H,40H2,1-16H3. The van der Waals surface area contributed by atoms with Crippen molar-refractivity contribution in [2.45, 2.75) is 150 Å². The Kier molecular flexibility index (Phi) is 10.4. The highest BCUT2D eigenvalue weighted by molar-refractivity contribution is 7.00. The van der Waals surface area contributed by atoms with E-state index in [0.29, 0.717) is 0 Å². The SMILES string of the molecule is CC(C)(C)c1ccc(N2c3ccc(C(C)(C)C)cc3B3c4cc5c(cc4N(c4ccc(C(C)(C)C)cc4-c4ccccc4-c4ccccc4)c4cc(C(C)(C)C)cc2c43)C(C)(C)CC5(C)C)cc1. The lowest BCUT2D eigenvalue weighted by Gasteiger charge is -2.46. The van der Waals surface area contributed by atoms with Crippen molar-refractivity contribution in [2.75, 3.05) is 9.80 Å². The smallest absolute Gasteiger partial charge is 0.252 e. The fourth-order valence-corrected chi connectivity index (χ4v) is 12.0. The summed E-state index contributed by atoms with van der Waals surface area (Å²) in [6.45, 7) is 38.1. The van der Waals surface area contributed by atoms with Crippen molar-refractivity contribution >= 4 is 57.2 Å². The van der Waals surface area contributed by atoms with Crippen LogP contribution in [0.3, 0.4) is 0 Å². The topological polar surface area (TPSA) is 6.48 Å². The Morgan fingerprint density at radius 3 is 1.46 bits per heavy atom. The van der Waals surface area contributed by atoms with Crippen LogP contribution in [0.5, 0.6) is 0 Å². The molecule has 0 amide bonds. The van der Waals surface area contributed by atoms with Gasteiger partial charge in [-0.05, 0) is 154 Å². The van der Waals surface area contributed by atoms with E-state index in [1.807, 2.05) is 0 Å². The van der Waals surface area contributed by atoms with E-state index in [-0.39, 0.29) is 39.2 Å². The number of hydrogen-bond donors (Lipinski definition) is 0. The van der Waals surface area contributed by atoms with Gasteiger partial charge in [0.15, 0.2) is 0 Å². The van der Waals surface area contributed by atoms with Crippen LogP contribution in [-0.4, -0.2) is 6.71 Å². The Bertz CT molecular complexity index is 3120. The summed E-state index contributed by atoms with van der Waals surface area (Å²) in [6.07, 6.45) is 1.11. The van der Waals surface area contributed by atoms with Gasteiger partial charge in [0, 0.05) is 34.0 Å². The molecule has 3 aliphatic rings. The third-order valence-corrected chi connectivity index (χ3v) is 15.7. The molecule has 0 N–H and O–H groups in total. The molecule has 0 saturated heterocycles. The molecular weight excluding hydrogens is 820 g/mol. The Morgan fingerprint density at radius 2 is 0.868 bits per heavy atom. The van der Waals surface area contributed by atoms with Crippen LogP contribution < -0.4 is 26.2 Å². The molecule has 7 aromatic rings. The predicted octanol–water partition coefficient (Wildman–Crippen LogP) is 16.3. The molecule has 10 rings (SSSR count). The van der Waals surface area contributed by atoms with Crippen LogP contribution in [0.4, 0.5) is 34.1 Å². The summed E-state index contributed by atoms with van der Waals surface area (Å²) in [5.74, 6) is 0. The van der Waals surface area contributed by atoms with Crippen molar-refractivity contribution in [1.29, 1.82) is 0 Å². The van der Waals surface area contributed by atoms with E-state index >= 15 is 0 Å². The highest BCUT2D eigenvalue weighted by Crippen LogP contribution is 2.54. The molecule has 2 aliphatic heterocycles. The van der Waals surface area contributed by atoms with Crippen molar-refractivity contribution in [3.8, 4) is 22.3 Å². The molecule has 346 valence electrons. The lowest BCUT2D eigenvalue weighted by atomic mass is 9.33. The van der Waals surface area contributed by atoms with Crippen LogP contribution in [0.15, 0.2) is 140 Å². The number of fused-ring (bicyclic) bond motifs is 5. The summed E-state index contributed by atoms with van der Waals surface area (Å²) in [5.41, 5.74) is 24.8. The second-order valence-electron chi connectivity index (χ2n) is 25.9. The molecule has 2 heterocycles. The van der Waals surface area contributed by atoms with Gasteiger partial charge in [0.1, 0.15) is 0 Å². The minimum atomic E-state index is -0.131. The second-order valence-corrected chi connectivity index (χ2v) is 25.9. The number of anilines is 6. The molecule has 0 unspecified atom stereocenters.